The molecule has 1 N–H and O–H groups in total. The van der Waals surface area contributed by atoms with Crippen molar-refractivity contribution in [3.8, 4) is 6.07 Å². The fourth-order valence-electron chi connectivity index (χ4n) is 2.14. The van der Waals surface area contributed by atoms with Crippen LogP contribution in [0.3, 0.4) is 0 Å². The lowest BCUT2D eigenvalue weighted by Gasteiger charge is -2.06. The quantitative estimate of drug-likeness (QED) is 0.460. The molecular weight excluding hydrogens is 348 g/mol. The Bertz CT molecular complexity index is 816. The van der Waals surface area contributed by atoms with E-state index in [1.807, 2.05) is 47.8 Å². The van der Waals surface area contributed by atoms with Crippen molar-refractivity contribution in [2.45, 2.75) is 26.3 Å². The molecule has 0 aliphatic carbocycles. The largest absolute Gasteiger partial charge is 0.451 e. The Morgan fingerprint density at radius 3 is 2.58 bits per heavy atom. The van der Waals surface area contributed by atoms with Crippen molar-refractivity contribution in [2.75, 3.05) is 6.61 Å². The van der Waals surface area contributed by atoms with Gasteiger partial charge in [-0.1, -0.05) is 44.2 Å². The van der Waals surface area contributed by atoms with E-state index in [1.165, 1.54) is 23.0 Å². The summed E-state index contributed by atoms with van der Waals surface area (Å²) < 4.78 is 4.92. The maximum Gasteiger partial charge on any atom is 0.349 e. The Balaban J connectivity index is 1.89. The molecule has 5 nitrogen and oxygen atoms in total. The first-order valence-electron chi connectivity index (χ1n) is 8.17. The topological polar surface area (TPSA) is 79.2 Å². The molecule has 0 aliphatic heterocycles. The molecule has 1 aromatic carbocycles. The normalized spacial score (nSPS) is 11.1. The van der Waals surface area contributed by atoms with Crippen molar-refractivity contribution in [1.29, 1.82) is 5.26 Å². The average molecular weight is 368 g/mol. The molecule has 1 amide bonds. The summed E-state index contributed by atoms with van der Waals surface area (Å²) in [6, 6.07) is 13.2. The van der Waals surface area contributed by atoms with Crippen LogP contribution in [0.2, 0.25) is 0 Å². The third-order valence-electron chi connectivity index (χ3n) is 3.63. The van der Waals surface area contributed by atoms with Crippen LogP contribution in [0.5, 0.6) is 0 Å². The zero-order chi connectivity index (χ0) is 18.9. The smallest absolute Gasteiger partial charge is 0.349 e. The summed E-state index contributed by atoms with van der Waals surface area (Å²) in [6.07, 6.45) is 1.45. The van der Waals surface area contributed by atoms with Crippen LogP contribution in [0.4, 0.5) is 0 Å². The average Bonchev–Trinajstić information content (AvgIpc) is 3.16. The van der Waals surface area contributed by atoms with E-state index in [9.17, 15) is 14.9 Å². The summed E-state index contributed by atoms with van der Waals surface area (Å²) in [5.74, 6) is -0.821. The van der Waals surface area contributed by atoms with Gasteiger partial charge in [0.15, 0.2) is 6.61 Å². The Kier molecular flexibility index (Phi) is 7.12. The van der Waals surface area contributed by atoms with Crippen molar-refractivity contribution < 1.29 is 14.3 Å². The van der Waals surface area contributed by atoms with E-state index in [0.717, 1.165) is 10.4 Å². The van der Waals surface area contributed by atoms with E-state index < -0.39 is 18.5 Å². The van der Waals surface area contributed by atoms with Gasteiger partial charge in [-0.3, -0.25) is 4.79 Å². The first-order valence-corrected chi connectivity index (χ1v) is 9.05. The van der Waals surface area contributed by atoms with Gasteiger partial charge in [-0.05, 0) is 34.6 Å². The number of ether oxygens (including phenoxy) is 1. The number of carbonyl (C=O) groups is 2. The maximum absolute atomic E-state index is 12.0. The lowest BCUT2D eigenvalue weighted by Crippen LogP contribution is -2.28. The van der Waals surface area contributed by atoms with Crippen molar-refractivity contribution in [3.05, 3.63) is 63.4 Å². The maximum atomic E-state index is 12.0. The first kappa shape index (κ1) is 19.4. The van der Waals surface area contributed by atoms with Gasteiger partial charge in [0.05, 0.1) is 6.54 Å². The predicted molar refractivity (Wildman–Crippen MR) is 101 cm³/mol. The second-order valence-corrected chi connectivity index (χ2v) is 6.96. The lowest BCUT2D eigenvalue weighted by molar-refractivity contribution is -0.144. The summed E-state index contributed by atoms with van der Waals surface area (Å²) in [7, 11) is 0. The fraction of sp³-hybridized carbons (Fsp3) is 0.250. The molecule has 26 heavy (non-hydrogen) atoms. The number of nitrogens with zero attached hydrogens (tertiary/aromatic N) is 1. The molecule has 0 fully saturated rings. The standard InChI is InChI=1S/C20H20N2O3S/c1-14(2)16-7-5-15(6-8-16)10-17(11-21)20(24)25-13-19(23)22-12-18-4-3-9-26-18/h3-10,14H,12-13H2,1-2H3,(H,22,23)/b17-10+. The molecule has 0 atom stereocenters. The zero-order valence-electron chi connectivity index (χ0n) is 14.7. The van der Waals surface area contributed by atoms with Crippen LogP contribution >= 0.6 is 11.3 Å². The molecule has 134 valence electrons. The molecule has 0 radical (unpaired) electrons. The number of carbonyl (C=O) groups excluding carboxylic acids is 2. The lowest BCUT2D eigenvalue weighted by atomic mass is 10.0. The van der Waals surface area contributed by atoms with E-state index in [0.29, 0.717) is 12.5 Å². The van der Waals surface area contributed by atoms with E-state index in [4.69, 9.17) is 4.74 Å². The fourth-order valence-corrected chi connectivity index (χ4v) is 2.78. The van der Waals surface area contributed by atoms with Gasteiger partial charge in [-0.25, -0.2) is 4.79 Å². The van der Waals surface area contributed by atoms with Crippen molar-refractivity contribution >= 4 is 29.3 Å². The van der Waals surface area contributed by atoms with E-state index in [-0.39, 0.29) is 5.57 Å². The molecule has 0 saturated carbocycles. The van der Waals surface area contributed by atoms with Crippen LogP contribution in [0.15, 0.2) is 47.4 Å². The number of benzene rings is 1. The van der Waals surface area contributed by atoms with E-state index in [2.05, 4.69) is 19.2 Å². The number of thiophene rings is 1. The highest BCUT2D eigenvalue weighted by Crippen LogP contribution is 2.16. The number of esters is 1. The Labute approximate surface area is 156 Å². The monoisotopic (exact) mass is 368 g/mol. The molecule has 1 aromatic heterocycles. The molecular formula is C20H20N2O3S. The van der Waals surface area contributed by atoms with Crippen LogP contribution in [-0.4, -0.2) is 18.5 Å². The molecule has 0 unspecified atom stereocenters. The molecule has 0 spiro atoms. The van der Waals surface area contributed by atoms with Gasteiger partial charge in [0.25, 0.3) is 5.91 Å². The molecule has 2 aromatic rings. The second-order valence-electron chi connectivity index (χ2n) is 5.92. The van der Waals surface area contributed by atoms with Crippen molar-refractivity contribution in [3.63, 3.8) is 0 Å². The zero-order valence-corrected chi connectivity index (χ0v) is 15.5. The number of hydrogen-bond acceptors (Lipinski definition) is 5. The second kappa shape index (κ2) is 9.54. The van der Waals surface area contributed by atoms with Crippen LogP contribution in [-0.2, 0) is 20.9 Å². The van der Waals surface area contributed by atoms with Gasteiger partial charge in [0.1, 0.15) is 11.6 Å². The SMILES string of the molecule is CC(C)c1ccc(/C=C(\C#N)C(=O)OCC(=O)NCc2cccs2)cc1. The third kappa shape index (κ3) is 5.87. The van der Waals surface area contributed by atoms with Crippen molar-refractivity contribution in [2.24, 2.45) is 0 Å². The minimum Gasteiger partial charge on any atom is -0.451 e. The third-order valence-corrected chi connectivity index (χ3v) is 4.51. The summed E-state index contributed by atoms with van der Waals surface area (Å²) in [6.45, 7) is 4.14. The van der Waals surface area contributed by atoms with Crippen LogP contribution in [0, 0.1) is 11.3 Å². The molecule has 0 bridgehead atoms. The summed E-state index contributed by atoms with van der Waals surface area (Å²) in [5, 5.41) is 13.7. The molecule has 0 aliphatic rings. The number of rotatable bonds is 7. The number of hydrogen-bond donors (Lipinski definition) is 1. The van der Waals surface area contributed by atoms with Crippen LogP contribution in [0.1, 0.15) is 35.8 Å². The highest BCUT2D eigenvalue weighted by molar-refractivity contribution is 7.09. The highest BCUT2D eigenvalue weighted by atomic mass is 32.1. The Morgan fingerprint density at radius 1 is 1.27 bits per heavy atom. The molecule has 6 heteroatoms. The number of nitriles is 1. The van der Waals surface area contributed by atoms with Gasteiger partial charge in [-0.15, -0.1) is 11.3 Å². The predicted octanol–water partition coefficient (Wildman–Crippen LogP) is 3.64. The van der Waals surface area contributed by atoms with Gasteiger partial charge in [-0.2, -0.15) is 5.26 Å². The summed E-state index contributed by atoms with van der Waals surface area (Å²) in [5.41, 5.74) is 1.75. The van der Waals surface area contributed by atoms with Gasteiger partial charge in [0, 0.05) is 4.88 Å². The molecule has 0 saturated heterocycles. The highest BCUT2D eigenvalue weighted by Gasteiger charge is 2.13. The minimum atomic E-state index is -0.813. The van der Waals surface area contributed by atoms with E-state index >= 15 is 0 Å². The Morgan fingerprint density at radius 2 is 2.00 bits per heavy atom. The minimum absolute atomic E-state index is 0.145. The van der Waals surface area contributed by atoms with Crippen molar-refractivity contribution in [1.82, 2.24) is 5.32 Å². The first-order chi connectivity index (χ1) is 12.5. The Hall–Kier alpha value is -2.91. The van der Waals surface area contributed by atoms with Gasteiger partial charge < -0.3 is 10.1 Å². The van der Waals surface area contributed by atoms with Gasteiger partial charge >= 0.3 is 5.97 Å². The van der Waals surface area contributed by atoms with Crippen LogP contribution in [0.25, 0.3) is 6.08 Å². The number of amides is 1. The summed E-state index contributed by atoms with van der Waals surface area (Å²) in [4.78, 5) is 24.7. The molecule has 2 rings (SSSR count). The molecule has 1 heterocycles. The van der Waals surface area contributed by atoms with Crippen LogP contribution < -0.4 is 5.32 Å². The number of nitrogens with one attached hydrogen (secondary N) is 1. The van der Waals surface area contributed by atoms with Gasteiger partial charge in [0.2, 0.25) is 0 Å². The van der Waals surface area contributed by atoms with E-state index in [1.54, 1.807) is 0 Å². The summed E-state index contributed by atoms with van der Waals surface area (Å²) >= 11 is 1.53.